The smallest absolute Gasteiger partial charge is 0.341 e. The van der Waals surface area contributed by atoms with Crippen molar-refractivity contribution in [2.75, 3.05) is 5.32 Å². The number of hydrogen-bond donors (Lipinski definition) is 1. The van der Waals surface area contributed by atoms with Gasteiger partial charge in [0.1, 0.15) is 0 Å². The third-order valence-corrected chi connectivity index (χ3v) is 2.84. The summed E-state index contributed by atoms with van der Waals surface area (Å²) in [5.74, 6) is -0.754. The van der Waals surface area contributed by atoms with Crippen LogP contribution in [0.4, 0.5) is 5.69 Å². The molecule has 0 fully saturated rings. The minimum Gasteiger partial charge on any atom is -0.448 e. The van der Waals surface area contributed by atoms with Crippen LogP contribution in [-0.2, 0) is 9.53 Å². The van der Waals surface area contributed by atoms with E-state index >= 15 is 0 Å². The molecule has 0 radical (unpaired) electrons. The molecule has 0 spiro atoms. The Labute approximate surface area is 100.0 Å². The van der Waals surface area contributed by atoms with Gasteiger partial charge in [0.05, 0.1) is 11.3 Å². The van der Waals surface area contributed by atoms with Crippen molar-refractivity contribution in [3.05, 3.63) is 29.3 Å². The molecule has 2 rings (SSSR count). The van der Waals surface area contributed by atoms with Crippen molar-refractivity contribution < 1.29 is 14.3 Å². The summed E-state index contributed by atoms with van der Waals surface area (Å²) in [5.41, 5.74) is 1.84. The van der Waals surface area contributed by atoms with Crippen molar-refractivity contribution in [3.63, 3.8) is 0 Å². The maximum absolute atomic E-state index is 11.9. The molecule has 1 aliphatic heterocycles. The van der Waals surface area contributed by atoms with Gasteiger partial charge in [-0.25, -0.2) is 4.79 Å². The van der Waals surface area contributed by atoms with E-state index < -0.39 is 12.1 Å². The zero-order valence-electron chi connectivity index (χ0n) is 10.1. The Morgan fingerprint density at radius 2 is 2.00 bits per heavy atom. The first-order valence-corrected chi connectivity index (χ1v) is 5.62. The zero-order valence-corrected chi connectivity index (χ0v) is 10.1. The highest BCUT2D eigenvalue weighted by Crippen LogP contribution is 2.26. The number of anilines is 1. The molecule has 0 aliphatic carbocycles. The predicted molar refractivity (Wildman–Crippen MR) is 63.9 cm³/mol. The molecule has 1 aliphatic rings. The number of esters is 1. The molecule has 90 valence electrons. The monoisotopic (exact) mass is 233 g/mol. The van der Waals surface area contributed by atoms with Gasteiger partial charge in [-0.15, -0.1) is 0 Å². The number of hydrogen-bond acceptors (Lipinski definition) is 3. The summed E-state index contributed by atoms with van der Waals surface area (Å²) < 4.78 is 5.22. The SMILES string of the molecule is Cc1cccc2c1NC(=O)[C@@H](C(C)C)OC2=O. The maximum atomic E-state index is 11.9. The van der Waals surface area contributed by atoms with Gasteiger partial charge < -0.3 is 10.1 Å². The lowest BCUT2D eigenvalue weighted by Gasteiger charge is -2.16. The Balaban J connectivity index is 2.47. The van der Waals surface area contributed by atoms with Crippen molar-refractivity contribution in [1.82, 2.24) is 0 Å². The number of aryl methyl sites for hydroxylation is 1. The lowest BCUT2D eigenvalue weighted by atomic mass is 10.1. The number of benzene rings is 1. The molecule has 17 heavy (non-hydrogen) atoms. The number of fused-ring (bicyclic) bond motifs is 1. The fraction of sp³-hybridized carbons (Fsp3) is 0.385. The lowest BCUT2D eigenvalue weighted by Crippen LogP contribution is -2.34. The van der Waals surface area contributed by atoms with Crippen LogP contribution >= 0.6 is 0 Å². The molecule has 1 atom stereocenters. The average Bonchev–Trinajstić information content (AvgIpc) is 2.39. The molecule has 0 unspecified atom stereocenters. The summed E-state index contributed by atoms with van der Waals surface area (Å²) in [5, 5.41) is 2.77. The van der Waals surface area contributed by atoms with E-state index in [0.717, 1.165) is 5.56 Å². The molecule has 1 aromatic carbocycles. The van der Waals surface area contributed by atoms with E-state index in [-0.39, 0.29) is 11.8 Å². The lowest BCUT2D eigenvalue weighted by molar-refractivity contribution is -0.126. The van der Waals surface area contributed by atoms with E-state index in [1.54, 1.807) is 12.1 Å². The molecule has 0 saturated heterocycles. The molecule has 4 nitrogen and oxygen atoms in total. The van der Waals surface area contributed by atoms with Gasteiger partial charge in [0.2, 0.25) is 0 Å². The number of para-hydroxylation sites is 1. The third-order valence-electron chi connectivity index (χ3n) is 2.84. The zero-order chi connectivity index (χ0) is 12.6. The highest BCUT2D eigenvalue weighted by Gasteiger charge is 2.32. The molecular formula is C13H15NO3. The van der Waals surface area contributed by atoms with Crippen molar-refractivity contribution in [1.29, 1.82) is 0 Å². The molecule has 0 saturated carbocycles. The average molecular weight is 233 g/mol. The van der Waals surface area contributed by atoms with Crippen LogP contribution in [0.1, 0.15) is 29.8 Å². The summed E-state index contributed by atoms with van der Waals surface area (Å²) in [6.07, 6.45) is -0.728. The van der Waals surface area contributed by atoms with Gasteiger partial charge in [-0.1, -0.05) is 26.0 Å². The second-order valence-electron chi connectivity index (χ2n) is 4.56. The van der Waals surface area contributed by atoms with E-state index in [1.165, 1.54) is 0 Å². The first-order valence-electron chi connectivity index (χ1n) is 5.62. The van der Waals surface area contributed by atoms with Crippen molar-refractivity contribution >= 4 is 17.6 Å². The van der Waals surface area contributed by atoms with Crippen LogP contribution in [-0.4, -0.2) is 18.0 Å². The normalized spacial score (nSPS) is 19.4. The Bertz CT molecular complexity index is 480. The van der Waals surface area contributed by atoms with Gasteiger partial charge in [-0.05, 0) is 24.5 Å². The Hall–Kier alpha value is -1.84. The van der Waals surface area contributed by atoms with Crippen LogP contribution in [0.5, 0.6) is 0 Å². The molecule has 4 heteroatoms. The highest BCUT2D eigenvalue weighted by molar-refractivity contribution is 6.07. The van der Waals surface area contributed by atoms with E-state index in [1.807, 2.05) is 26.8 Å². The van der Waals surface area contributed by atoms with Gasteiger partial charge in [0.25, 0.3) is 5.91 Å². The topological polar surface area (TPSA) is 55.4 Å². The van der Waals surface area contributed by atoms with Crippen LogP contribution in [0.15, 0.2) is 18.2 Å². The van der Waals surface area contributed by atoms with E-state index in [0.29, 0.717) is 11.3 Å². The van der Waals surface area contributed by atoms with Crippen molar-refractivity contribution in [3.8, 4) is 0 Å². The van der Waals surface area contributed by atoms with Crippen molar-refractivity contribution in [2.45, 2.75) is 26.9 Å². The minimum atomic E-state index is -0.728. The van der Waals surface area contributed by atoms with Gasteiger partial charge in [0, 0.05) is 0 Å². The fourth-order valence-electron chi connectivity index (χ4n) is 1.87. The molecule has 1 heterocycles. The quantitative estimate of drug-likeness (QED) is 0.756. The second-order valence-corrected chi connectivity index (χ2v) is 4.56. The summed E-state index contributed by atoms with van der Waals surface area (Å²) in [6, 6.07) is 5.28. The van der Waals surface area contributed by atoms with E-state index in [4.69, 9.17) is 4.74 Å². The van der Waals surface area contributed by atoms with E-state index in [2.05, 4.69) is 5.32 Å². The van der Waals surface area contributed by atoms with Crippen LogP contribution < -0.4 is 5.32 Å². The Kier molecular flexibility index (Phi) is 2.88. The highest BCUT2D eigenvalue weighted by atomic mass is 16.5. The van der Waals surface area contributed by atoms with Crippen LogP contribution in [0.2, 0.25) is 0 Å². The Morgan fingerprint density at radius 3 is 2.65 bits per heavy atom. The predicted octanol–water partition coefficient (Wildman–Crippen LogP) is 2.13. The minimum absolute atomic E-state index is 0.0476. The fourth-order valence-corrected chi connectivity index (χ4v) is 1.87. The van der Waals surface area contributed by atoms with Crippen molar-refractivity contribution in [2.24, 2.45) is 5.92 Å². The van der Waals surface area contributed by atoms with Gasteiger partial charge in [-0.3, -0.25) is 4.79 Å². The standard InChI is InChI=1S/C13H15NO3/c1-7(2)11-12(15)14-10-8(3)5-4-6-9(10)13(16)17-11/h4-7,11H,1-3H3,(H,14,15)/t11-/m1/s1. The molecule has 1 aromatic rings. The number of carbonyl (C=O) groups is 2. The first-order chi connectivity index (χ1) is 8.00. The number of rotatable bonds is 1. The number of cyclic esters (lactones) is 1. The van der Waals surface area contributed by atoms with Gasteiger partial charge >= 0.3 is 5.97 Å². The van der Waals surface area contributed by atoms with Crippen LogP contribution in [0.25, 0.3) is 0 Å². The molecule has 1 N–H and O–H groups in total. The first kappa shape index (κ1) is 11.6. The summed E-state index contributed by atoms with van der Waals surface area (Å²) in [4.78, 5) is 23.8. The maximum Gasteiger partial charge on any atom is 0.341 e. The summed E-state index contributed by atoms with van der Waals surface area (Å²) >= 11 is 0. The molecule has 1 amide bonds. The Morgan fingerprint density at radius 1 is 1.29 bits per heavy atom. The van der Waals surface area contributed by atoms with Gasteiger partial charge in [-0.2, -0.15) is 0 Å². The number of ether oxygens (including phenoxy) is 1. The molecular weight excluding hydrogens is 218 g/mol. The van der Waals surface area contributed by atoms with Crippen LogP contribution in [0.3, 0.4) is 0 Å². The van der Waals surface area contributed by atoms with Crippen LogP contribution in [0, 0.1) is 12.8 Å². The number of amides is 1. The van der Waals surface area contributed by atoms with Gasteiger partial charge in [0.15, 0.2) is 6.10 Å². The number of nitrogens with one attached hydrogen (secondary N) is 1. The van der Waals surface area contributed by atoms with E-state index in [9.17, 15) is 9.59 Å². The molecule has 0 aromatic heterocycles. The molecule has 0 bridgehead atoms. The second kappa shape index (κ2) is 4.20. The summed E-state index contributed by atoms with van der Waals surface area (Å²) in [7, 11) is 0. The largest absolute Gasteiger partial charge is 0.448 e. The third kappa shape index (κ3) is 2.02. The number of carbonyl (C=O) groups excluding carboxylic acids is 2. The summed E-state index contributed by atoms with van der Waals surface area (Å²) in [6.45, 7) is 5.54.